The Labute approximate surface area is 141 Å². The monoisotopic (exact) mass is 337 g/mol. The summed E-state index contributed by atoms with van der Waals surface area (Å²) in [7, 11) is 0. The Hall–Kier alpha value is -1.11. The zero-order chi connectivity index (χ0) is 16.1. The van der Waals surface area contributed by atoms with Crippen molar-refractivity contribution >= 4 is 17.7 Å². The van der Waals surface area contributed by atoms with Crippen molar-refractivity contribution in [2.75, 3.05) is 38.5 Å². The van der Waals surface area contributed by atoms with E-state index in [1.54, 1.807) is 11.8 Å². The van der Waals surface area contributed by atoms with Crippen LogP contribution in [0.1, 0.15) is 24.3 Å². The smallest absolute Gasteiger partial charge is 0.230 e. The molecule has 0 spiro atoms. The number of carbonyl (C=O) groups excluding carboxylic acids is 1. The molecule has 0 bridgehead atoms. The number of benzene rings is 1. The molecule has 0 aromatic heterocycles. The van der Waals surface area contributed by atoms with E-state index in [1.165, 1.54) is 12.1 Å². The molecular formula is C17H24FN3OS. The maximum Gasteiger partial charge on any atom is 0.230 e. The molecule has 126 valence electrons. The number of piperazine rings is 1. The third-order valence-corrected chi connectivity index (χ3v) is 5.79. The molecule has 2 atom stereocenters. The number of hydrogen-bond donors (Lipinski definition) is 2. The summed E-state index contributed by atoms with van der Waals surface area (Å²) in [6.07, 6.45) is 2.10. The quantitative estimate of drug-likeness (QED) is 0.831. The van der Waals surface area contributed by atoms with Crippen LogP contribution in [0.3, 0.4) is 0 Å². The Balaban J connectivity index is 1.60. The predicted molar refractivity (Wildman–Crippen MR) is 92.1 cm³/mol. The van der Waals surface area contributed by atoms with E-state index in [4.69, 9.17) is 0 Å². The second-order valence-electron chi connectivity index (χ2n) is 6.19. The maximum absolute atomic E-state index is 13.2. The first-order valence-corrected chi connectivity index (χ1v) is 9.37. The van der Waals surface area contributed by atoms with Gasteiger partial charge in [-0.2, -0.15) is 0 Å². The number of nitrogens with zero attached hydrogens (tertiary/aromatic N) is 1. The van der Waals surface area contributed by atoms with E-state index in [1.807, 2.05) is 12.1 Å². The van der Waals surface area contributed by atoms with Crippen LogP contribution >= 0.6 is 11.8 Å². The summed E-state index contributed by atoms with van der Waals surface area (Å²) in [5.41, 5.74) is 1.12. The molecule has 0 saturated carbocycles. The molecule has 1 amide bonds. The van der Waals surface area contributed by atoms with Crippen molar-refractivity contribution in [2.45, 2.75) is 24.1 Å². The first-order chi connectivity index (χ1) is 11.2. The average molecular weight is 337 g/mol. The molecule has 2 aliphatic rings. The molecule has 6 heteroatoms. The minimum Gasteiger partial charge on any atom is -0.343 e. The van der Waals surface area contributed by atoms with Crippen LogP contribution in [0.5, 0.6) is 0 Å². The lowest BCUT2D eigenvalue weighted by molar-refractivity contribution is -0.118. The first-order valence-electron chi connectivity index (χ1n) is 8.32. The molecule has 0 aliphatic carbocycles. The highest BCUT2D eigenvalue weighted by Crippen LogP contribution is 2.34. The molecule has 4 nitrogen and oxygen atoms in total. The van der Waals surface area contributed by atoms with Crippen molar-refractivity contribution in [3.05, 3.63) is 35.6 Å². The minimum absolute atomic E-state index is 0.106. The van der Waals surface area contributed by atoms with Gasteiger partial charge < -0.3 is 15.5 Å². The van der Waals surface area contributed by atoms with Crippen LogP contribution in [0, 0.1) is 5.82 Å². The van der Waals surface area contributed by atoms with Crippen LogP contribution in [-0.4, -0.2) is 54.7 Å². The summed E-state index contributed by atoms with van der Waals surface area (Å²) in [4.78, 5) is 14.0. The lowest BCUT2D eigenvalue weighted by Crippen LogP contribution is -2.43. The SMILES string of the molecule is O=C1CSC(C(CCCN2CCNCC2)c2ccc(F)cc2)N1. The van der Waals surface area contributed by atoms with Crippen LogP contribution < -0.4 is 10.6 Å². The summed E-state index contributed by atoms with van der Waals surface area (Å²) in [5, 5.41) is 6.54. The molecule has 1 aromatic rings. The first kappa shape index (κ1) is 16.7. The van der Waals surface area contributed by atoms with Crippen molar-refractivity contribution in [1.29, 1.82) is 0 Å². The molecule has 2 N–H and O–H groups in total. The summed E-state index contributed by atoms with van der Waals surface area (Å²) >= 11 is 1.67. The fourth-order valence-corrected chi connectivity index (χ4v) is 4.45. The molecule has 2 aliphatic heterocycles. The van der Waals surface area contributed by atoms with Crippen molar-refractivity contribution in [3.8, 4) is 0 Å². The zero-order valence-corrected chi connectivity index (χ0v) is 14.1. The fourth-order valence-electron chi connectivity index (χ4n) is 3.30. The Bertz CT molecular complexity index is 519. The number of halogens is 1. The van der Waals surface area contributed by atoms with Gasteiger partial charge in [0.1, 0.15) is 5.82 Å². The van der Waals surface area contributed by atoms with Crippen LogP contribution in [0.4, 0.5) is 4.39 Å². The molecule has 3 rings (SSSR count). The molecular weight excluding hydrogens is 313 g/mol. The highest BCUT2D eigenvalue weighted by atomic mass is 32.2. The molecule has 1 aromatic carbocycles. The summed E-state index contributed by atoms with van der Waals surface area (Å²) in [6.45, 7) is 5.43. The zero-order valence-electron chi connectivity index (χ0n) is 13.3. The standard InChI is InChI=1S/C17H24FN3OS/c18-14-5-3-13(4-6-14)15(17-20-16(22)12-23-17)2-1-9-21-10-7-19-8-11-21/h3-6,15,17,19H,1-2,7-12H2,(H,20,22). The molecule has 0 radical (unpaired) electrons. The molecule has 23 heavy (non-hydrogen) atoms. The molecule has 2 heterocycles. The number of nitrogens with one attached hydrogen (secondary N) is 2. The molecule has 2 fully saturated rings. The lowest BCUT2D eigenvalue weighted by atomic mass is 9.93. The Morgan fingerprint density at radius 2 is 2.00 bits per heavy atom. The highest BCUT2D eigenvalue weighted by molar-refractivity contribution is 8.01. The van der Waals surface area contributed by atoms with Crippen molar-refractivity contribution < 1.29 is 9.18 Å². The van der Waals surface area contributed by atoms with E-state index in [9.17, 15) is 9.18 Å². The predicted octanol–water partition coefficient (Wildman–Crippen LogP) is 1.78. The molecule has 2 unspecified atom stereocenters. The van der Waals surface area contributed by atoms with Gasteiger partial charge in [0.05, 0.1) is 11.1 Å². The fraction of sp³-hybridized carbons (Fsp3) is 0.588. The minimum atomic E-state index is -0.212. The van der Waals surface area contributed by atoms with E-state index in [0.717, 1.165) is 51.1 Å². The summed E-state index contributed by atoms with van der Waals surface area (Å²) in [5.74, 6) is 0.667. The van der Waals surface area contributed by atoms with Gasteiger partial charge in [0.25, 0.3) is 0 Å². The van der Waals surface area contributed by atoms with Crippen molar-refractivity contribution in [1.82, 2.24) is 15.5 Å². The van der Waals surface area contributed by atoms with Crippen LogP contribution in [0.2, 0.25) is 0 Å². The Morgan fingerprint density at radius 1 is 1.26 bits per heavy atom. The number of rotatable bonds is 6. The van der Waals surface area contributed by atoms with Crippen LogP contribution in [-0.2, 0) is 4.79 Å². The summed E-state index contributed by atoms with van der Waals surface area (Å²) < 4.78 is 13.2. The summed E-state index contributed by atoms with van der Waals surface area (Å²) in [6, 6.07) is 6.74. The van der Waals surface area contributed by atoms with Crippen molar-refractivity contribution in [3.63, 3.8) is 0 Å². The number of thioether (sulfide) groups is 1. The van der Waals surface area contributed by atoms with Gasteiger partial charge in [-0.15, -0.1) is 11.8 Å². The number of carbonyl (C=O) groups is 1. The van der Waals surface area contributed by atoms with Crippen molar-refractivity contribution in [2.24, 2.45) is 0 Å². The van der Waals surface area contributed by atoms with E-state index < -0.39 is 0 Å². The molecule has 2 saturated heterocycles. The van der Waals surface area contributed by atoms with Gasteiger partial charge in [0.15, 0.2) is 0 Å². The van der Waals surface area contributed by atoms with Gasteiger partial charge >= 0.3 is 0 Å². The second-order valence-corrected chi connectivity index (χ2v) is 7.32. The second kappa shape index (κ2) is 8.13. The average Bonchev–Trinajstić information content (AvgIpc) is 3.00. The lowest BCUT2D eigenvalue weighted by Gasteiger charge is -2.29. The van der Waals surface area contributed by atoms with Crippen LogP contribution in [0.15, 0.2) is 24.3 Å². The van der Waals surface area contributed by atoms with Gasteiger partial charge in [-0.3, -0.25) is 4.79 Å². The van der Waals surface area contributed by atoms with Crippen LogP contribution in [0.25, 0.3) is 0 Å². The van der Waals surface area contributed by atoms with Gasteiger partial charge in [-0.1, -0.05) is 12.1 Å². The Morgan fingerprint density at radius 3 is 2.65 bits per heavy atom. The van der Waals surface area contributed by atoms with E-state index >= 15 is 0 Å². The van der Waals surface area contributed by atoms with Gasteiger partial charge in [-0.25, -0.2) is 4.39 Å². The van der Waals surface area contributed by atoms with Gasteiger partial charge in [-0.05, 0) is 37.1 Å². The number of hydrogen-bond acceptors (Lipinski definition) is 4. The third kappa shape index (κ3) is 4.68. The maximum atomic E-state index is 13.2. The topological polar surface area (TPSA) is 44.4 Å². The van der Waals surface area contributed by atoms with Gasteiger partial charge in [0.2, 0.25) is 5.91 Å². The largest absolute Gasteiger partial charge is 0.343 e. The van der Waals surface area contributed by atoms with E-state index in [2.05, 4.69) is 15.5 Å². The van der Waals surface area contributed by atoms with E-state index in [0.29, 0.717) is 5.75 Å². The highest BCUT2D eigenvalue weighted by Gasteiger charge is 2.30. The Kier molecular flexibility index (Phi) is 5.91. The van der Waals surface area contributed by atoms with E-state index in [-0.39, 0.29) is 23.0 Å². The van der Waals surface area contributed by atoms with Gasteiger partial charge in [0, 0.05) is 32.1 Å². The third-order valence-electron chi connectivity index (χ3n) is 4.56. The normalized spacial score (nSPS) is 23.7. The number of amides is 1.